The number of anilines is 3. The topological polar surface area (TPSA) is 62.7 Å². The number of unbranched alkanes of at least 4 members (excludes halogenated alkanes) is 1. The van der Waals surface area contributed by atoms with Crippen molar-refractivity contribution >= 4 is 17.5 Å². The highest BCUT2D eigenvalue weighted by Crippen LogP contribution is 2.19. The Hall–Kier alpha value is -2.17. The summed E-state index contributed by atoms with van der Waals surface area (Å²) in [5.41, 5.74) is 2.32. The normalized spacial score (nSPS) is 10.7. The number of aromatic nitrogens is 3. The number of hydrogen-bond acceptors (Lipinski definition) is 5. The van der Waals surface area contributed by atoms with Crippen molar-refractivity contribution in [1.82, 2.24) is 15.2 Å². The fourth-order valence-corrected chi connectivity index (χ4v) is 1.91. The average molecular weight is 285 g/mol. The highest BCUT2D eigenvalue weighted by Gasteiger charge is 2.02. The van der Waals surface area contributed by atoms with E-state index in [1.54, 1.807) is 6.20 Å². The number of nitrogens with one attached hydrogen (secondary N) is 2. The van der Waals surface area contributed by atoms with Crippen LogP contribution < -0.4 is 10.6 Å². The summed E-state index contributed by atoms with van der Waals surface area (Å²) in [7, 11) is 0. The lowest BCUT2D eigenvalue weighted by Crippen LogP contribution is -2.07. The summed E-state index contributed by atoms with van der Waals surface area (Å²) in [5, 5.41) is 14.4. The van der Waals surface area contributed by atoms with E-state index in [1.165, 1.54) is 5.56 Å². The zero-order valence-corrected chi connectivity index (χ0v) is 12.9. The summed E-state index contributed by atoms with van der Waals surface area (Å²) < 4.78 is 0. The predicted octanol–water partition coefficient (Wildman–Crippen LogP) is 3.95. The molecule has 21 heavy (non-hydrogen) atoms. The Labute approximate surface area is 126 Å². The molecule has 0 saturated carbocycles. The van der Waals surface area contributed by atoms with Crippen molar-refractivity contribution < 1.29 is 0 Å². The third kappa shape index (κ3) is 4.70. The first-order valence-electron chi connectivity index (χ1n) is 7.49. The Morgan fingerprint density at radius 2 is 1.90 bits per heavy atom. The minimum Gasteiger partial charge on any atom is -0.353 e. The predicted molar refractivity (Wildman–Crippen MR) is 87.0 cm³/mol. The van der Waals surface area contributed by atoms with Gasteiger partial charge in [0, 0.05) is 12.2 Å². The number of nitrogens with zero attached hydrogens (tertiary/aromatic N) is 3. The van der Waals surface area contributed by atoms with E-state index in [1.807, 2.05) is 0 Å². The van der Waals surface area contributed by atoms with Gasteiger partial charge >= 0.3 is 0 Å². The number of hydrogen-bond donors (Lipinski definition) is 2. The lowest BCUT2D eigenvalue weighted by molar-refractivity contribution is 0.819. The molecule has 112 valence electrons. The van der Waals surface area contributed by atoms with Crippen molar-refractivity contribution in [3.8, 4) is 0 Å². The van der Waals surface area contributed by atoms with Crippen LogP contribution in [0, 0.1) is 0 Å². The Balaban J connectivity index is 2.00. The second-order valence-electron chi connectivity index (χ2n) is 5.35. The van der Waals surface area contributed by atoms with E-state index < -0.39 is 0 Å². The summed E-state index contributed by atoms with van der Waals surface area (Å²) in [6.07, 6.45) is 3.86. The summed E-state index contributed by atoms with van der Waals surface area (Å²) in [6, 6.07) is 8.37. The molecule has 0 saturated heterocycles. The molecule has 5 heteroatoms. The molecule has 0 amide bonds. The minimum absolute atomic E-state index is 0.536. The van der Waals surface area contributed by atoms with Gasteiger partial charge in [-0.05, 0) is 30.0 Å². The maximum atomic E-state index is 4.40. The molecule has 0 aliphatic heterocycles. The second kappa shape index (κ2) is 7.57. The van der Waals surface area contributed by atoms with Crippen LogP contribution in [0.15, 0.2) is 30.5 Å². The molecule has 0 fully saturated rings. The van der Waals surface area contributed by atoms with E-state index in [4.69, 9.17) is 0 Å². The first kappa shape index (κ1) is 15.2. The molecule has 1 aromatic heterocycles. The summed E-state index contributed by atoms with van der Waals surface area (Å²) in [5.74, 6) is 1.79. The van der Waals surface area contributed by atoms with E-state index in [2.05, 4.69) is 70.9 Å². The third-order valence-electron chi connectivity index (χ3n) is 3.22. The van der Waals surface area contributed by atoms with E-state index in [-0.39, 0.29) is 0 Å². The van der Waals surface area contributed by atoms with Crippen molar-refractivity contribution in [3.05, 3.63) is 36.0 Å². The Bertz CT molecular complexity index is 551. The molecule has 0 atom stereocenters. The van der Waals surface area contributed by atoms with E-state index in [0.717, 1.165) is 25.1 Å². The van der Waals surface area contributed by atoms with Crippen molar-refractivity contribution in [2.75, 3.05) is 17.2 Å². The summed E-state index contributed by atoms with van der Waals surface area (Å²) >= 11 is 0. The van der Waals surface area contributed by atoms with Crippen LogP contribution in [0.2, 0.25) is 0 Å². The van der Waals surface area contributed by atoms with E-state index >= 15 is 0 Å². The first-order chi connectivity index (χ1) is 10.2. The zero-order chi connectivity index (χ0) is 15.1. The highest BCUT2D eigenvalue weighted by molar-refractivity contribution is 5.56. The van der Waals surface area contributed by atoms with Crippen molar-refractivity contribution in [3.63, 3.8) is 0 Å². The molecular formula is C16H23N5. The van der Waals surface area contributed by atoms with Gasteiger partial charge in [-0.15, -0.1) is 5.10 Å². The summed E-state index contributed by atoms with van der Waals surface area (Å²) in [6.45, 7) is 7.39. The molecule has 2 N–H and O–H groups in total. The fourth-order valence-electron chi connectivity index (χ4n) is 1.91. The maximum Gasteiger partial charge on any atom is 0.244 e. The van der Waals surface area contributed by atoms with Crippen LogP contribution in [-0.2, 0) is 0 Å². The lowest BCUT2D eigenvalue weighted by atomic mass is 10.0. The monoisotopic (exact) mass is 285 g/mol. The van der Waals surface area contributed by atoms with Crippen molar-refractivity contribution in [2.45, 2.75) is 39.5 Å². The van der Waals surface area contributed by atoms with Gasteiger partial charge in [0.1, 0.15) is 0 Å². The summed E-state index contributed by atoms with van der Waals surface area (Å²) in [4.78, 5) is 4.40. The fraction of sp³-hybridized carbons (Fsp3) is 0.438. The van der Waals surface area contributed by atoms with Gasteiger partial charge in [0.05, 0.1) is 6.20 Å². The molecule has 5 nitrogen and oxygen atoms in total. The van der Waals surface area contributed by atoms with E-state index in [9.17, 15) is 0 Å². The van der Waals surface area contributed by atoms with Crippen LogP contribution in [0.5, 0.6) is 0 Å². The molecule has 0 spiro atoms. The lowest BCUT2D eigenvalue weighted by Gasteiger charge is -2.09. The van der Waals surface area contributed by atoms with Crippen LogP contribution in [0.3, 0.4) is 0 Å². The Morgan fingerprint density at radius 3 is 2.57 bits per heavy atom. The van der Waals surface area contributed by atoms with Gasteiger partial charge in [0.2, 0.25) is 5.95 Å². The molecule has 0 radical (unpaired) electrons. The standard InChI is InChI=1S/C16H23N5/c1-4-5-10-17-16-20-15(11-18-21-16)19-14-8-6-13(7-9-14)12(2)3/h6-9,11-12H,4-5,10H2,1-3H3,(H2,17,19,20,21). The molecule has 0 aliphatic rings. The zero-order valence-electron chi connectivity index (χ0n) is 12.9. The smallest absolute Gasteiger partial charge is 0.244 e. The molecule has 0 aliphatic carbocycles. The van der Waals surface area contributed by atoms with E-state index in [0.29, 0.717) is 17.7 Å². The minimum atomic E-state index is 0.536. The average Bonchev–Trinajstić information content (AvgIpc) is 2.48. The second-order valence-corrected chi connectivity index (χ2v) is 5.35. The Morgan fingerprint density at radius 1 is 1.14 bits per heavy atom. The molecule has 0 unspecified atom stereocenters. The molecule has 0 bridgehead atoms. The Kier molecular flexibility index (Phi) is 5.49. The van der Waals surface area contributed by atoms with Crippen LogP contribution in [-0.4, -0.2) is 21.7 Å². The van der Waals surface area contributed by atoms with Crippen LogP contribution >= 0.6 is 0 Å². The van der Waals surface area contributed by atoms with Crippen LogP contribution in [0.4, 0.5) is 17.5 Å². The molecule has 1 aromatic carbocycles. The molecular weight excluding hydrogens is 262 g/mol. The first-order valence-corrected chi connectivity index (χ1v) is 7.49. The van der Waals surface area contributed by atoms with Gasteiger partial charge in [-0.25, -0.2) is 0 Å². The third-order valence-corrected chi connectivity index (χ3v) is 3.22. The van der Waals surface area contributed by atoms with Crippen molar-refractivity contribution in [1.29, 1.82) is 0 Å². The van der Waals surface area contributed by atoms with Crippen LogP contribution in [0.1, 0.15) is 45.1 Å². The van der Waals surface area contributed by atoms with Gasteiger partial charge in [-0.1, -0.05) is 39.3 Å². The molecule has 2 rings (SSSR count). The molecule has 1 heterocycles. The SMILES string of the molecule is CCCCNc1nncc(Nc2ccc(C(C)C)cc2)n1. The van der Waals surface area contributed by atoms with Gasteiger partial charge in [0.15, 0.2) is 5.82 Å². The number of benzene rings is 1. The number of rotatable bonds is 7. The highest BCUT2D eigenvalue weighted by atomic mass is 15.3. The quantitative estimate of drug-likeness (QED) is 0.754. The van der Waals surface area contributed by atoms with Gasteiger partial charge in [0.25, 0.3) is 0 Å². The van der Waals surface area contributed by atoms with Crippen LogP contribution in [0.25, 0.3) is 0 Å². The van der Waals surface area contributed by atoms with Gasteiger partial charge in [-0.3, -0.25) is 0 Å². The van der Waals surface area contributed by atoms with Gasteiger partial charge < -0.3 is 10.6 Å². The van der Waals surface area contributed by atoms with Crippen molar-refractivity contribution in [2.24, 2.45) is 0 Å². The molecule has 2 aromatic rings. The van der Waals surface area contributed by atoms with Gasteiger partial charge in [-0.2, -0.15) is 10.1 Å². The maximum absolute atomic E-state index is 4.40. The largest absolute Gasteiger partial charge is 0.353 e.